The van der Waals surface area contributed by atoms with Crippen LogP contribution >= 0.6 is 0 Å². The summed E-state index contributed by atoms with van der Waals surface area (Å²) in [5.74, 6) is -0.0172. The maximum atomic E-state index is 12.1. The Hall–Kier alpha value is -1.59. The first-order chi connectivity index (χ1) is 9.37. The summed E-state index contributed by atoms with van der Waals surface area (Å²) >= 11 is 0. The predicted molar refractivity (Wildman–Crippen MR) is 80.7 cm³/mol. The molecule has 1 fully saturated rings. The average Bonchev–Trinajstić information content (AvgIpc) is 2.33. The van der Waals surface area contributed by atoms with E-state index in [2.05, 4.69) is 10.2 Å². The fraction of sp³-hybridized carbons (Fsp3) is 0.533. The average molecular weight is 277 g/mol. The molecule has 1 saturated heterocycles. The molecule has 1 heterocycles. The quantitative estimate of drug-likeness (QED) is 0.824. The van der Waals surface area contributed by atoms with E-state index in [0.717, 1.165) is 24.3 Å². The van der Waals surface area contributed by atoms with Crippen molar-refractivity contribution >= 4 is 17.3 Å². The molecule has 2 rings (SSSR count). The van der Waals surface area contributed by atoms with Crippen LogP contribution in [0.15, 0.2) is 18.2 Å². The second-order valence-electron chi connectivity index (χ2n) is 5.89. The lowest BCUT2D eigenvalue weighted by atomic mass is 10.1. The Labute approximate surface area is 120 Å². The summed E-state index contributed by atoms with van der Waals surface area (Å²) in [5.41, 5.74) is 8.02. The van der Waals surface area contributed by atoms with Crippen LogP contribution in [0.3, 0.4) is 0 Å². The zero-order valence-corrected chi connectivity index (χ0v) is 12.4. The topological polar surface area (TPSA) is 67.6 Å². The molecule has 110 valence electrons. The Morgan fingerprint density at radius 1 is 1.50 bits per heavy atom. The third-order valence-electron chi connectivity index (χ3n) is 3.52. The number of benzene rings is 1. The first kappa shape index (κ1) is 14.8. The second-order valence-corrected chi connectivity index (χ2v) is 5.89. The number of carbonyl (C=O) groups excluding carboxylic acids is 1. The number of rotatable bonds is 3. The monoisotopic (exact) mass is 277 g/mol. The van der Waals surface area contributed by atoms with E-state index in [9.17, 15) is 4.79 Å². The third-order valence-corrected chi connectivity index (χ3v) is 3.52. The summed E-state index contributed by atoms with van der Waals surface area (Å²) in [6.45, 7) is 8.57. The number of morpholine rings is 1. The molecule has 0 radical (unpaired) electrons. The van der Waals surface area contributed by atoms with Crippen LogP contribution in [0.2, 0.25) is 0 Å². The number of carbonyl (C=O) groups is 1. The fourth-order valence-corrected chi connectivity index (χ4v) is 2.43. The molecule has 0 atom stereocenters. The highest BCUT2D eigenvalue weighted by Crippen LogP contribution is 2.21. The van der Waals surface area contributed by atoms with Crippen LogP contribution in [0.25, 0.3) is 0 Å². The van der Waals surface area contributed by atoms with Gasteiger partial charge in [0.15, 0.2) is 0 Å². The molecular weight excluding hydrogens is 254 g/mol. The number of nitrogen functional groups attached to an aromatic ring is 1. The van der Waals surface area contributed by atoms with E-state index in [0.29, 0.717) is 18.8 Å². The molecule has 1 aliphatic rings. The van der Waals surface area contributed by atoms with Gasteiger partial charge in [-0.2, -0.15) is 0 Å². The van der Waals surface area contributed by atoms with Crippen LogP contribution in [0, 0.1) is 6.92 Å². The number of ether oxygens (including phenoxy) is 1. The summed E-state index contributed by atoms with van der Waals surface area (Å²) < 4.78 is 5.64. The molecule has 0 aliphatic carbocycles. The van der Waals surface area contributed by atoms with Gasteiger partial charge in [0.2, 0.25) is 5.91 Å². The molecule has 0 aromatic heterocycles. The van der Waals surface area contributed by atoms with Gasteiger partial charge >= 0.3 is 0 Å². The Kier molecular flexibility index (Phi) is 4.30. The lowest BCUT2D eigenvalue weighted by Gasteiger charge is -2.37. The fourth-order valence-electron chi connectivity index (χ4n) is 2.43. The van der Waals surface area contributed by atoms with Gasteiger partial charge in [-0.05, 0) is 38.5 Å². The van der Waals surface area contributed by atoms with E-state index in [-0.39, 0.29) is 11.5 Å². The van der Waals surface area contributed by atoms with E-state index in [1.165, 1.54) is 0 Å². The minimum absolute atomic E-state index is 0.0172. The summed E-state index contributed by atoms with van der Waals surface area (Å²) in [4.78, 5) is 14.2. The molecule has 1 aromatic carbocycles. The van der Waals surface area contributed by atoms with Crippen molar-refractivity contribution in [2.75, 3.05) is 37.3 Å². The van der Waals surface area contributed by atoms with Crippen molar-refractivity contribution in [1.29, 1.82) is 0 Å². The highest BCUT2D eigenvalue weighted by atomic mass is 16.5. The van der Waals surface area contributed by atoms with Crippen LogP contribution in [-0.4, -0.2) is 42.6 Å². The Bertz CT molecular complexity index is 500. The molecule has 1 amide bonds. The van der Waals surface area contributed by atoms with Gasteiger partial charge in [0.05, 0.1) is 18.8 Å². The van der Waals surface area contributed by atoms with Crippen molar-refractivity contribution in [1.82, 2.24) is 4.90 Å². The minimum atomic E-state index is -0.189. The smallest absolute Gasteiger partial charge is 0.238 e. The number of hydrogen-bond acceptors (Lipinski definition) is 4. The van der Waals surface area contributed by atoms with Gasteiger partial charge in [-0.3, -0.25) is 9.69 Å². The van der Waals surface area contributed by atoms with E-state index < -0.39 is 0 Å². The molecule has 20 heavy (non-hydrogen) atoms. The highest BCUT2D eigenvalue weighted by molar-refractivity contribution is 5.93. The van der Waals surface area contributed by atoms with Crippen molar-refractivity contribution < 1.29 is 9.53 Å². The Morgan fingerprint density at radius 2 is 2.25 bits per heavy atom. The molecule has 5 nitrogen and oxygen atoms in total. The third kappa shape index (κ3) is 3.71. The van der Waals surface area contributed by atoms with Crippen LogP contribution in [0.5, 0.6) is 0 Å². The Morgan fingerprint density at radius 3 is 2.95 bits per heavy atom. The summed E-state index contributed by atoms with van der Waals surface area (Å²) in [6, 6.07) is 5.54. The van der Waals surface area contributed by atoms with Crippen molar-refractivity contribution in [3.05, 3.63) is 23.8 Å². The first-order valence-electron chi connectivity index (χ1n) is 6.89. The maximum Gasteiger partial charge on any atom is 0.238 e. The molecule has 0 unspecified atom stereocenters. The number of nitrogens with two attached hydrogens (primary N) is 1. The molecule has 0 spiro atoms. The van der Waals surface area contributed by atoms with E-state index in [1.807, 2.05) is 39.0 Å². The lowest BCUT2D eigenvalue weighted by Crippen LogP contribution is -2.50. The minimum Gasteiger partial charge on any atom is -0.398 e. The molecule has 3 N–H and O–H groups in total. The van der Waals surface area contributed by atoms with E-state index >= 15 is 0 Å². The van der Waals surface area contributed by atoms with Crippen LogP contribution in [0.4, 0.5) is 11.4 Å². The van der Waals surface area contributed by atoms with Crippen molar-refractivity contribution in [2.45, 2.75) is 26.4 Å². The number of nitrogens with zero attached hydrogens (tertiary/aromatic N) is 1. The number of anilines is 2. The van der Waals surface area contributed by atoms with Gasteiger partial charge in [0.1, 0.15) is 0 Å². The largest absolute Gasteiger partial charge is 0.398 e. The van der Waals surface area contributed by atoms with Gasteiger partial charge in [-0.25, -0.2) is 0 Å². The second kappa shape index (κ2) is 5.81. The summed E-state index contributed by atoms with van der Waals surface area (Å²) in [5, 5.41) is 2.92. The van der Waals surface area contributed by atoms with E-state index in [1.54, 1.807) is 0 Å². The number of hydrogen-bond donors (Lipinski definition) is 2. The van der Waals surface area contributed by atoms with E-state index in [4.69, 9.17) is 10.5 Å². The summed E-state index contributed by atoms with van der Waals surface area (Å²) in [7, 11) is 0. The first-order valence-corrected chi connectivity index (χ1v) is 6.89. The molecule has 0 bridgehead atoms. The van der Waals surface area contributed by atoms with Crippen LogP contribution in [0.1, 0.15) is 19.4 Å². The lowest BCUT2D eigenvalue weighted by molar-refractivity contribution is -0.122. The molecule has 5 heteroatoms. The van der Waals surface area contributed by atoms with Gasteiger partial charge in [-0.1, -0.05) is 6.07 Å². The standard InChI is InChI=1S/C15H23N3O2/c1-11-12(16)5-4-6-13(11)17-14(19)9-18-7-8-20-15(2,3)10-18/h4-6H,7-10,16H2,1-3H3,(H,17,19). The molecule has 0 saturated carbocycles. The van der Waals surface area contributed by atoms with Gasteiger partial charge in [-0.15, -0.1) is 0 Å². The SMILES string of the molecule is Cc1c(N)cccc1NC(=O)CN1CCOC(C)(C)C1. The van der Waals surface area contributed by atoms with Crippen molar-refractivity contribution in [2.24, 2.45) is 0 Å². The predicted octanol–water partition coefficient (Wildman–Crippen LogP) is 1.63. The van der Waals surface area contributed by atoms with Gasteiger partial charge < -0.3 is 15.8 Å². The molecule has 1 aliphatic heterocycles. The zero-order valence-electron chi connectivity index (χ0n) is 12.4. The summed E-state index contributed by atoms with van der Waals surface area (Å²) in [6.07, 6.45) is 0. The number of nitrogens with one attached hydrogen (secondary N) is 1. The maximum absolute atomic E-state index is 12.1. The zero-order chi connectivity index (χ0) is 14.8. The van der Waals surface area contributed by atoms with Gasteiger partial charge in [0.25, 0.3) is 0 Å². The van der Waals surface area contributed by atoms with Crippen molar-refractivity contribution in [3.8, 4) is 0 Å². The molecule has 1 aromatic rings. The van der Waals surface area contributed by atoms with Crippen LogP contribution in [-0.2, 0) is 9.53 Å². The molecular formula is C15H23N3O2. The van der Waals surface area contributed by atoms with Crippen molar-refractivity contribution in [3.63, 3.8) is 0 Å². The normalized spacial score (nSPS) is 18.8. The van der Waals surface area contributed by atoms with Gasteiger partial charge in [0, 0.05) is 24.5 Å². The van der Waals surface area contributed by atoms with Crippen LogP contribution < -0.4 is 11.1 Å². The Balaban J connectivity index is 1.94. The highest BCUT2D eigenvalue weighted by Gasteiger charge is 2.28. The number of amides is 1.